The van der Waals surface area contributed by atoms with Crippen LogP contribution in [-0.4, -0.2) is 12.3 Å². The standard InChI is InChI=1S/C17H24N2O2/c1-4-5-6-7-8-15-16(17(18)19-21-15)13-11-12(2)9-10-14(13)20-3/h9-11H,4-8H2,1-3H3,(H2,18,19). The zero-order chi connectivity index (χ0) is 15.2. The van der Waals surface area contributed by atoms with Crippen LogP contribution < -0.4 is 10.5 Å². The van der Waals surface area contributed by atoms with E-state index in [9.17, 15) is 0 Å². The van der Waals surface area contributed by atoms with Crippen LogP contribution in [0.25, 0.3) is 11.1 Å². The van der Waals surface area contributed by atoms with Gasteiger partial charge in [0, 0.05) is 12.0 Å². The second-order valence-corrected chi connectivity index (χ2v) is 5.38. The van der Waals surface area contributed by atoms with Crippen LogP contribution in [0, 0.1) is 6.92 Å². The second kappa shape index (κ2) is 7.16. The quantitative estimate of drug-likeness (QED) is 0.769. The normalized spacial score (nSPS) is 10.8. The Hall–Kier alpha value is -1.97. The molecule has 2 aromatic rings. The number of aromatic nitrogens is 1. The number of aryl methyl sites for hydroxylation is 2. The molecule has 0 aliphatic carbocycles. The summed E-state index contributed by atoms with van der Waals surface area (Å²) < 4.78 is 10.9. The van der Waals surface area contributed by atoms with Crippen molar-refractivity contribution < 1.29 is 9.26 Å². The van der Waals surface area contributed by atoms with Gasteiger partial charge in [0.2, 0.25) is 0 Å². The molecular formula is C17H24N2O2. The van der Waals surface area contributed by atoms with Gasteiger partial charge in [-0.15, -0.1) is 0 Å². The van der Waals surface area contributed by atoms with Gasteiger partial charge in [-0.2, -0.15) is 0 Å². The van der Waals surface area contributed by atoms with E-state index in [1.54, 1.807) is 7.11 Å². The van der Waals surface area contributed by atoms with E-state index in [0.29, 0.717) is 5.82 Å². The number of unbranched alkanes of at least 4 members (excludes halogenated alkanes) is 3. The van der Waals surface area contributed by atoms with Crippen LogP contribution in [0.5, 0.6) is 5.75 Å². The molecule has 0 bridgehead atoms. The van der Waals surface area contributed by atoms with Gasteiger partial charge in [-0.1, -0.05) is 43.0 Å². The Labute approximate surface area is 126 Å². The molecule has 0 fully saturated rings. The summed E-state index contributed by atoms with van der Waals surface area (Å²) >= 11 is 0. The molecule has 0 unspecified atom stereocenters. The highest BCUT2D eigenvalue weighted by molar-refractivity contribution is 5.80. The van der Waals surface area contributed by atoms with E-state index in [-0.39, 0.29) is 0 Å². The molecule has 0 aliphatic rings. The van der Waals surface area contributed by atoms with Gasteiger partial charge in [-0.25, -0.2) is 0 Å². The van der Waals surface area contributed by atoms with Crippen molar-refractivity contribution in [1.82, 2.24) is 5.16 Å². The molecule has 0 radical (unpaired) electrons. The minimum Gasteiger partial charge on any atom is -0.496 e. The molecule has 2 N–H and O–H groups in total. The van der Waals surface area contributed by atoms with E-state index in [0.717, 1.165) is 41.0 Å². The number of rotatable bonds is 7. The Morgan fingerprint density at radius 1 is 1.24 bits per heavy atom. The summed E-state index contributed by atoms with van der Waals surface area (Å²) in [6, 6.07) is 6.04. The third kappa shape index (κ3) is 3.57. The van der Waals surface area contributed by atoms with Crippen molar-refractivity contribution in [3.05, 3.63) is 29.5 Å². The Morgan fingerprint density at radius 3 is 2.76 bits per heavy atom. The maximum atomic E-state index is 6.02. The zero-order valence-corrected chi connectivity index (χ0v) is 13.1. The highest BCUT2D eigenvalue weighted by Gasteiger charge is 2.19. The van der Waals surface area contributed by atoms with E-state index < -0.39 is 0 Å². The fourth-order valence-corrected chi connectivity index (χ4v) is 2.53. The van der Waals surface area contributed by atoms with Gasteiger partial charge < -0.3 is 15.0 Å². The van der Waals surface area contributed by atoms with Crippen molar-refractivity contribution in [2.24, 2.45) is 0 Å². The molecule has 0 amide bonds. The average Bonchev–Trinajstić information content (AvgIpc) is 2.84. The summed E-state index contributed by atoms with van der Waals surface area (Å²) in [4.78, 5) is 0. The van der Waals surface area contributed by atoms with Crippen LogP contribution in [0.2, 0.25) is 0 Å². The van der Waals surface area contributed by atoms with E-state index >= 15 is 0 Å². The van der Waals surface area contributed by atoms with Gasteiger partial charge >= 0.3 is 0 Å². The largest absolute Gasteiger partial charge is 0.496 e. The number of nitrogens with two attached hydrogens (primary N) is 1. The van der Waals surface area contributed by atoms with Gasteiger partial charge in [-0.3, -0.25) is 0 Å². The minimum absolute atomic E-state index is 0.435. The van der Waals surface area contributed by atoms with Crippen molar-refractivity contribution in [2.45, 2.75) is 46.0 Å². The first kappa shape index (κ1) is 15.4. The molecule has 0 atom stereocenters. The number of benzene rings is 1. The topological polar surface area (TPSA) is 61.3 Å². The molecule has 0 spiro atoms. The SMILES string of the molecule is CCCCCCc1onc(N)c1-c1cc(C)ccc1OC. The Balaban J connectivity index is 2.31. The van der Waals surface area contributed by atoms with Crippen LogP contribution in [0.1, 0.15) is 43.9 Å². The lowest BCUT2D eigenvalue weighted by atomic mass is 9.99. The fourth-order valence-electron chi connectivity index (χ4n) is 2.53. The highest BCUT2D eigenvalue weighted by atomic mass is 16.5. The van der Waals surface area contributed by atoms with Crippen molar-refractivity contribution in [1.29, 1.82) is 0 Å². The molecule has 1 aromatic carbocycles. The van der Waals surface area contributed by atoms with Crippen LogP contribution in [-0.2, 0) is 6.42 Å². The number of anilines is 1. The van der Waals surface area contributed by atoms with E-state index in [4.69, 9.17) is 15.0 Å². The van der Waals surface area contributed by atoms with E-state index in [1.165, 1.54) is 19.3 Å². The summed E-state index contributed by atoms with van der Waals surface area (Å²) in [5.74, 6) is 2.09. The summed E-state index contributed by atoms with van der Waals surface area (Å²) in [7, 11) is 1.67. The molecule has 1 aromatic heterocycles. The van der Waals surface area contributed by atoms with Crippen LogP contribution >= 0.6 is 0 Å². The first-order chi connectivity index (χ1) is 10.2. The lowest BCUT2D eigenvalue weighted by molar-refractivity contribution is 0.381. The first-order valence-corrected chi connectivity index (χ1v) is 7.56. The van der Waals surface area contributed by atoms with Crippen LogP contribution in [0.3, 0.4) is 0 Å². The molecule has 4 heteroatoms. The van der Waals surface area contributed by atoms with Crippen molar-refractivity contribution in [2.75, 3.05) is 12.8 Å². The van der Waals surface area contributed by atoms with Crippen LogP contribution in [0.15, 0.2) is 22.7 Å². The van der Waals surface area contributed by atoms with Gasteiger partial charge in [0.25, 0.3) is 0 Å². The minimum atomic E-state index is 0.435. The predicted octanol–water partition coefficient (Wildman–Crippen LogP) is 4.36. The number of nitrogen functional groups attached to an aromatic ring is 1. The lowest BCUT2D eigenvalue weighted by Crippen LogP contribution is -1.95. The molecule has 2 rings (SSSR count). The molecule has 114 valence electrons. The number of nitrogens with zero attached hydrogens (tertiary/aromatic N) is 1. The number of ether oxygens (including phenoxy) is 1. The van der Waals surface area contributed by atoms with Gasteiger partial charge in [-0.05, 0) is 25.5 Å². The van der Waals surface area contributed by atoms with Gasteiger partial charge in [0.1, 0.15) is 11.5 Å². The third-order valence-electron chi connectivity index (χ3n) is 3.67. The summed E-state index contributed by atoms with van der Waals surface area (Å²) in [6.45, 7) is 4.25. The Kier molecular flexibility index (Phi) is 5.26. The van der Waals surface area contributed by atoms with Gasteiger partial charge in [0.05, 0.1) is 12.7 Å². The summed E-state index contributed by atoms with van der Waals surface area (Å²) in [5.41, 5.74) is 9.01. The second-order valence-electron chi connectivity index (χ2n) is 5.38. The first-order valence-electron chi connectivity index (χ1n) is 7.56. The van der Waals surface area contributed by atoms with E-state index in [1.807, 2.05) is 19.1 Å². The van der Waals surface area contributed by atoms with Crippen molar-refractivity contribution in [3.8, 4) is 16.9 Å². The molecule has 0 aliphatic heterocycles. The summed E-state index contributed by atoms with van der Waals surface area (Å²) in [5, 5.41) is 3.94. The van der Waals surface area contributed by atoms with Crippen molar-refractivity contribution >= 4 is 5.82 Å². The molecule has 0 saturated carbocycles. The zero-order valence-electron chi connectivity index (χ0n) is 13.1. The van der Waals surface area contributed by atoms with Gasteiger partial charge in [0.15, 0.2) is 5.82 Å². The Bertz CT molecular complexity index is 590. The maximum absolute atomic E-state index is 6.02. The van der Waals surface area contributed by atoms with Crippen molar-refractivity contribution in [3.63, 3.8) is 0 Å². The molecule has 21 heavy (non-hydrogen) atoms. The van der Waals surface area contributed by atoms with E-state index in [2.05, 4.69) is 18.1 Å². The predicted molar refractivity (Wildman–Crippen MR) is 85.5 cm³/mol. The molecule has 0 saturated heterocycles. The fraction of sp³-hybridized carbons (Fsp3) is 0.471. The number of hydrogen-bond acceptors (Lipinski definition) is 4. The monoisotopic (exact) mass is 288 g/mol. The number of methoxy groups -OCH3 is 1. The summed E-state index contributed by atoms with van der Waals surface area (Å²) in [6.07, 6.45) is 5.60. The molecule has 1 heterocycles. The smallest absolute Gasteiger partial charge is 0.175 e. The number of hydrogen-bond donors (Lipinski definition) is 1. The maximum Gasteiger partial charge on any atom is 0.175 e. The van der Waals surface area contributed by atoms with Crippen LogP contribution in [0.4, 0.5) is 5.82 Å². The third-order valence-corrected chi connectivity index (χ3v) is 3.67. The molecular weight excluding hydrogens is 264 g/mol. The molecule has 4 nitrogen and oxygen atoms in total. The lowest BCUT2D eigenvalue weighted by Gasteiger charge is -2.10. The Morgan fingerprint density at radius 2 is 2.05 bits per heavy atom. The average molecular weight is 288 g/mol. The highest BCUT2D eigenvalue weighted by Crippen LogP contribution is 2.37.